The molecular formula is C18H24N4O. The van der Waals surface area contributed by atoms with Crippen molar-refractivity contribution < 1.29 is 4.79 Å². The molecule has 2 rings (SSSR count). The molecule has 1 heterocycles. The van der Waals surface area contributed by atoms with E-state index in [2.05, 4.69) is 34.2 Å². The Balaban J connectivity index is 2.12. The fraction of sp³-hybridized carbons (Fsp3) is 0.389. The molecular weight excluding hydrogens is 288 g/mol. The summed E-state index contributed by atoms with van der Waals surface area (Å²) in [6, 6.07) is 13.9. The molecule has 5 nitrogen and oxygen atoms in total. The molecule has 5 heteroatoms. The van der Waals surface area contributed by atoms with Gasteiger partial charge in [-0.3, -0.25) is 4.79 Å². The first-order chi connectivity index (χ1) is 11.2. The number of amides is 1. The van der Waals surface area contributed by atoms with Crippen molar-refractivity contribution in [2.24, 2.45) is 0 Å². The van der Waals surface area contributed by atoms with E-state index in [4.69, 9.17) is 0 Å². The lowest BCUT2D eigenvalue weighted by molar-refractivity contribution is 0.0766. The average molecular weight is 312 g/mol. The third kappa shape index (κ3) is 4.28. The number of benzene rings is 1. The quantitative estimate of drug-likeness (QED) is 0.788. The smallest absolute Gasteiger partial charge is 0.274 e. The van der Waals surface area contributed by atoms with Crippen LogP contribution < -0.4 is 4.90 Å². The number of anilines is 1. The van der Waals surface area contributed by atoms with Gasteiger partial charge in [-0.1, -0.05) is 30.3 Å². The Labute approximate surface area is 137 Å². The Morgan fingerprint density at radius 2 is 1.61 bits per heavy atom. The van der Waals surface area contributed by atoms with Crippen molar-refractivity contribution in [1.82, 2.24) is 15.1 Å². The summed E-state index contributed by atoms with van der Waals surface area (Å²) < 4.78 is 0. The van der Waals surface area contributed by atoms with Crippen LogP contribution in [0.15, 0.2) is 42.5 Å². The van der Waals surface area contributed by atoms with E-state index in [-0.39, 0.29) is 5.91 Å². The highest BCUT2D eigenvalue weighted by molar-refractivity contribution is 5.92. The lowest BCUT2D eigenvalue weighted by Gasteiger charge is -2.22. The van der Waals surface area contributed by atoms with Crippen LogP contribution in [0.4, 0.5) is 5.82 Å². The molecule has 0 atom stereocenters. The van der Waals surface area contributed by atoms with Gasteiger partial charge in [0.15, 0.2) is 11.5 Å². The Hall–Kier alpha value is -2.43. The van der Waals surface area contributed by atoms with Gasteiger partial charge >= 0.3 is 0 Å². The number of carbonyl (C=O) groups excluding carboxylic acids is 1. The summed E-state index contributed by atoms with van der Waals surface area (Å²) in [4.78, 5) is 16.1. The zero-order valence-electron chi connectivity index (χ0n) is 14.1. The van der Waals surface area contributed by atoms with Crippen molar-refractivity contribution in [3.8, 4) is 0 Å². The number of aromatic nitrogens is 2. The summed E-state index contributed by atoms with van der Waals surface area (Å²) in [5.74, 6) is 0.715. The molecule has 1 aromatic carbocycles. The minimum absolute atomic E-state index is 0.0693. The van der Waals surface area contributed by atoms with E-state index in [1.165, 1.54) is 5.56 Å². The first kappa shape index (κ1) is 16.9. The summed E-state index contributed by atoms with van der Waals surface area (Å²) >= 11 is 0. The Bertz CT molecular complexity index is 609. The van der Waals surface area contributed by atoms with Gasteiger partial charge in [0.1, 0.15) is 0 Å². The largest absolute Gasteiger partial charge is 0.351 e. The van der Waals surface area contributed by atoms with Crippen LogP contribution in [0.3, 0.4) is 0 Å². The van der Waals surface area contributed by atoms with E-state index in [9.17, 15) is 4.79 Å². The summed E-state index contributed by atoms with van der Waals surface area (Å²) in [5, 5.41) is 8.37. The van der Waals surface area contributed by atoms with Crippen molar-refractivity contribution >= 4 is 11.7 Å². The molecule has 0 fully saturated rings. The Morgan fingerprint density at radius 3 is 2.13 bits per heavy atom. The van der Waals surface area contributed by atoms with E-state index in [0.717, 1.165) is 18.9 Å². The molecule has 1 aromatic heterocycles. The molecule has 0 spiro atoms. The molecule has 0 bridgehead atoms. The highest BCUT2D eigenvalue weighted by Crippen LogP contribution is 2.14. The van der Waals surface area contributed by atoms with Gasteiger partial charge in [-0.2, -0.15) is 0 Å². The molecule has 122 valence electrons. The number of carbonyl (C=O) groups is 1. The van der Waals surface area contributed by atoms with E-state index in [1.807, 2.05) is 38.1 Å². The molecule has 0 saturated carbocycles. The van der Waals surface area contributed by atoms with E-state index in [0.29, 0.717) is 18.8 Å². The van der Waals surface area contributed by atoms with Crippen LogP contribution in [0.1, 0.15) is 36.8 Å². The minimum atomic E-state index is -0.0693. The Morgan fingerprint density at radius 1 is 0.913 bits per heavy atom. The molecule has 0 aliphatic rings. The molecule has 0 aliphatic carbocycles. The van der Waals surface area contributed by atoms with Crippen molar-refractivity contribution in [2.75, 3.05) is 24.5 Å². The topological polar surface area (TPSA) is 49.3 Å². The fourth-order valence-corrected chi connectivity index (χ4v) is 2.44. The SMILES string of the molecule is CCN(CC)C(=O)c1ccc(N(CC)Cc2ccccc2)nn1. The van der Waals surface area contributed by atoms with Gasteiger partial charge in [0.2, 0.25) is 0 Å². The molecule has 0 radical (unpaired) electrons. The normalized spacial score (nSPS) is 10.4. The number of rotatable bonds is 7. The second-order valence-electron chi connectivity index (χ2n) is 5.25. The van der Waals surface area contributed by atoms with Crippen LogP contribution >= 0.6 is 0 Å². The predicted octanol–water partition coefficient (Wildman–Crippen LogP) is 2.99. The van der Waals surface area contributed by atoms with Gasteiger partial charge in [-0.25, -0.2) is 0 Å². The third-order valence-corrected chi connectivity index (χ3v) is 3.84. The fourth-order valence-electron chi connectivity index (χ4n) is 2.44. The number of nitrogens with zero attached hydrogens (tertiary/aromatic N) is 4. The summed E-state index contributed by atoms with van der Waals surface area (Å²) in [5.41, 5.74) is 1.62. The van der Waals surface area contributed by atoms with Crippen LogP contribution in [-0.2, 0) is 6.54 Å². The highest BCUT2D eigenvalue weighted by atomic mass is 16.2. The van der Waals surface area contributed by atoms with E-state index in [1.54, 1.807) is 11.0 Å². The predicted molar refractivity (Wildman–Crippen MR) is 92.4 cm³/mol. The molecule has 0 saturated heterocycles. The lowest BCUT2D eigenvalue weighted by atomic mass is 10.2. The molecule has 0 unspecified atom stereocenters. The average Bonchev–Trinajstić information content (AvgIpc) is 2.61. The maximum Gasteiger partial charge on any atom is 0.274 e. The van der Waals surface area contributed by atoms with Gasteiger partial charge in [0.05, 0.1) is 0 Å². The maximum absolute atomic E-state index is 12.3. The summed E-state index contributed by atoms with van der Waals surface area (Å²) in [7, 11) is 0. The zero-order valence-corrected chi connectivity index (χ0v) is 14.1. The van der Waals surface area contributed by atoms with Gasteiger partial charge < -0.3 is 9.80 Å². The second-order valence-corrected chi connectivity index (χ2v) is 5.25. The van der Waals surface area contributed by atoms with Crippen molar-refractivity contribution in [1.29, 1.82) is 0 Å². The van der Waals surface area contributed by atoms with Crippen molar-refractivity contribution in [2.45, 2.75) is 27.3 Å². The van der Waals surface area contributed by atoms with E-state index >= 15 is 0 Å². The third-order valence-electron chi connectivity index (χ3n) is 3.84. The summed E-state index contributed by atoms with van der Waals surface area (Å²) in [6.07, 6.45) is 0. The molecule has 2 aromatic rings. The van der Waals surface area contributed by atoms with Gasteiger partial charge in [-0.05, 0) is 38.5 Å². The van der Waals surface area contributed by atoms with Crippen LogP contribution in [0.25, 0.3) is 0 Å². The van der Waals surface area contributed by atoms with E-state index < -0.39 is 0 Å². The summed E-state index contributed by atoms with van der Waals surface area (Å²) in [6.45, 7) is 8.95. The first-order valence-electron chi connectivity index (χ1n) is 8.11. The molecule has 1 amide bonds. The van der Waals surface area contributed by atoms with Crippen molar-refractivity contribution in [3.63, 3.8) is 0 Å². The first-order valence-corrected chi connectivity index (χ1v) is 8.11. The monoisotopic (exact) mass is 312 g/mol. The van der Waals surface area contributed by atoms with Crippen molar-refractivity contribution in [3.05, 3.63) is 53.7 Å². The minimum Gasteiger partial charge on any atom is -0.351 e. The standard InChI is InChI=1S/C18H24N4O/c1-4-21(5-2)18(23)16-12-13-17(20-19-16)22(6-3)14-15-10-8-7-9-11-15/h7-13H,4-6,14H2,1-3H3. The Kier molecular flexibility index (Phi) is 6.09. The van der Waals surface area contributed by atoms with Gasteiger partial charge in [-0.15, -0.1) is 10.2 Å². The van der Waals surface area contributed by atoms with Gasteiger partial charge in [0, 0.05) is 26.2 Å². The van der Waals surface area contributed by atoms with Crippen LogP contribution in [0, 0.1) is 0 Å². The highest BCUT2D eigenvalue weighted by Gasteiger charge is 2.15. The van der Waals surface area contributed by atoms with Crippen LogP contribution in [-0.4, -0.2) is 40.6 Å². The maximum atomic E-state index is 12.3. The zero-order chi connectivity index (χ0) is 16.7. The molecule has 23 heavy (non-hydrogen) atoms. The van der Waals surface area contributed by atoms with Gasteiger partial charge in [0.25, 0.3) is 5.91 Å². The molecule has 0 aliphatic heterocycles. The van der Waals surface area contributed by atoms with Crippen LogP contribution in [0.2, 0.25) is 0 Å². The lowest BCUT2D eigenvalue weighted by Crippen LogP contribution is -2.31. The molecule has 0 N–H and O–H groups in total. The number of hydrogen-bond acceptors (Lipinski definition) is 4. The number of hydrogen-bond donors (Lipinski definition) is 0. The van der Waals surface area contributed by atoms with Crippen LogP contribution in [0.5, 0.6) is 0 Å². The second kappa shape index (κ2) is 8.27.